The molecule has 3 aromatic rings. The van der Waals surface area contributed by atoms with Crippen molar-refractivity contribution in [3.63, 3.8) is 0 Å². The molecule has 0 spiro atoms. The molecule has 5 heteroatoms. The van der Waals surface area contributed by atoms with E-state index in [9.17, 15) is 9.18 Å². The van der Waals surface area contributed by atoms with Crippen molar-refractivity contribution >= 4 is 17.3 Å². The average Bonchev–Trinajstić information content (AvgIpc) is 2.68. The van der Waals surface area contributed by atoms with Crippen LogP contribution in [0.4, 0.5) is 15.8 Å². The third-order valence-electron chi connectivity index (χ3n) is 4.16. The van der Waals surface area contributed by atoms with Gasteiger partial charge in [0.2, 0.25) is 0 Å². The van der Waals surface area contributed by atoms with E-state index in [2.05, 4.69) is 10.6 Å². The van der Waals surface area contributed by atoms with Gasteiger partial charge in [-0.15, -0.1) is 0 Å². The van der Waals surface area contributed by atoms with Crippen LogP contribution in [0.15, 0.2) is 72.8 Å². The molecular weight excluding hydrogens is 343 g/mol. The molecule has 0 unspecified atom stereocenters. The van der Waals surface area contributed by atoms with Gasteiger partial charge in [-0.2, -0.15) is 0 Å². The minimum absolute atomic E-state index is 0.241. The summed E-state index contributed by atoms with van der Waals surface area (Å²) in [7, 11) is 1.56. The Morgan fingerprint density at radius 1 is 1.00 bits per heavy atom. The number of benzene rings is 3. The van der Waals surface area contributed by atoms with Gasteiger partial charge in [-0.1, -0.05) is 36.4 Å². The predicted molar refractivity (Wildman–Crippen MR) is 106 cm³/mol. The lowest BCUT2D eigenvalue weighted by atomic mass is 10.1. The lowest BCUT2D eigenvalue weighted by Gasteiger charge is -2.21. The number of halogens is 1. The largest absolute Gasteiger partial charge is 0.495 e. The minimum Gasteiger partial charge on any atom is -0.495 e. The van der Waals surface area contributed by atoms with Gasteiger partial charge in [-0.25, -0.2) is 4.39 Å². The monoisotopic (exact) mass is 364 g/mol. The number of methoxy groups -OCH3 is 1. The summed E-state index contributed by atoms with van der Waals surface area (Å²) in [6, 6.07) is 20.2. The standard InChI is InChI=1S/C22H21FN2O2/c1-15-8-13-20(27-2)19(14-15)25-22(26)21(16-6-4-3-5-7-16)24-18-11-9-17(23)10-12-18/h3-14,21,24H,1-2H3,(H,25,26)/t21-/m0/s1. The van der Waals surface area contributed by atoms with E-state index >= 15 is 0 Å². The van der Waals surface area contributed by atoms with E-state index in [0.29, 0.717) is 17.1 Å². The molecule has 0 aliphatic rings. The lowest BCUT2D eigenvalue weighted by Crippen LogP contribution is -2.27. The summed E-state index contributed by atoms with van der Waals surface area (Å²) in [5, 5.41) is 6.11. The molecule has 0 heterocycles. The summed E-state index contributed by atoms with van der Waals surface area (Å²) in [6.07, 6.45) is 0. The Morgan fingerprint density at radius 3 is 2.37 bits per heavy atom. The summed E-state index contributed by atoms with van der Waals surface area (Å²) in [4.78, 5) is 13.1. The normalized spacial score (nSPS) is 11.5. The Labute approximate surface area is 158 Å². The van der Waals surface area contributed by atoms with E-state index in [0.717, 1.165) is 11.1 Å². The highest BCUT2D eigenvalue weighted by molar-refractivity contribution is 5.98. The van der Waals surface area contributed by atoms with Crippen LogP contribution in [0, 0.1) is 12.7 Å². The number of carbonyl (C=O) groups is 1. The fourth-order valence-corrected chi connectivity index (χ4v) is 2.78. The molecule has 0 bridgehead atoms. The second kappa shape index (κ2) is 8.36. The number of hydrogen-bond donors (Lipinski definition) is 2. The number of ether oxygens (including phenoxy) is 1. The fourth-order valence-electron chi connectivity index (χ4n) is 2.78. The van der Waals surface area contributed by atoms with Crippen LogP contribution in [-0.2, 0) is 4.79 Å². The number of aryl methyl sites for hydroxylation is 1. The maximum absolute atomic E-state index is 13.2. The number of rotatable bonds is 6. The minimum atomic E-state index is -0.651. The molecule has 0 aliphatic heterocycles. The zero-order chi connectivity index (χ0) is 19.2. The molecule has 0 saturated heterocycles. The fraction of sp³-hybridized carbons (Fsp3) is 0.136. The smallest absolute Gasteiger partial charge is 0.251 e. The van der Waals surface area contributed by atoms with Crippen LogP contribution < -0.4 is 15.4 Å². The van der Waals surface area contributed by atoms with Crippen molar-refractivity contribution in [3.05, 3.63) is 89.7 Å². The molecule has 0 saturated carbocycles. The van der Waals surface area contributed by atoms with Gasteiger partial charge in [0, 0.05) is 5.69 Å². The number of anilines is 2. The Bertz CT molecular complexity index is 911. The van der Waals surface area contributed by atoms with E-state index in [-0.39, 0.29) is 11.7 Å². The SMILES string of the molecule is COc1ccc(C)cc1NC(=O)[C@@H](Nc1ccc(F)cc1)c1ccccc1. The maximum Gasteiger partial charge on any atom is 0.251 e. The highest BCUT2D eigenvalue weighted by atomic mass is 19.1. The molecule has 3 rings (SSSR count). The van der Waals surface area contributed by atoms with Crippen molar-refractivity contribution in [2.24, 2.45) is 0 Å². The zero-order valence-electron chi connectivity index (χ0n) is 15.2. The van der Waals surface area contributed by atoms with Crippen LogP contribution in [0.5, 0.6) is 5.75 Å². The lowest BCUT2D eigenvalue weighted by molar-refractivity contribution is -0.117. The van der Waals surface area contributed by atoms with E-state index in [1.165, 1.54) is 12.1 Å². The van der Waals surface area contributed by atoms with Crippen molar-refractivity contribution < 1.29 is 13.9 Å². The molecule has 3 aromatic carbocycles. The molecule has 1 amide bonds. The quantitative estimate of drug-likeness (QED) is 0.652. The first-order valence-corrected chi connectivity index (χ1v) is 8.59. The number of nitrogens with one attached hydrogen (secondary N) is 2. The summed E-state index contributed by atoms with van der Waals surface area (Å²) < 4.78 is 18.5. The van der Waals surface area contributed by atoms with E-state index in [4.69, 9.17) is 4.74 Å². The van der Waals surface area contributed by atoms with Crippen LogP contribution in [0.25, 0.3) is 0 Å². The van der Waals surface area contributed by atoms with Gasteiger partial charge in [-0.3, -0.25) is 4.79 Å². The average molecular weight is 364 g/mol. The zero-order valence-corrected chi connectivity index (χ0v) is 15.2. The molecular formula is C22H21FN2O2. The first-order chi connectivity index (χ1) is 13.1. The first kappa shape index (κ1) is 18.5. The van der Waals surface area contributed by atoms with Crippen LogP contribution in [0.2, 0.25) is 0 Å². The molecule has 1 atom stereocenters. The predicted octanol–water partition coefficient (Wildman–Crippen LogP) is 4.93. The molecule has 138 valence electrons. The maximum atomic E-state index is 13.2. The van der Waals surface area contributed by atoms with Crippen LogP contribution in [0.1, 0.15) is 17.2 Å². The molecule has 4 nitrogen and oxygen atoms in total. The van der Waals surface area contributed by atoms with Crippen molar-refractivity contribution in [3.8, 4) is 5.75 Å². The van der Waals surface area contributed by atoms with Gasteiger partial charge in [-0.05, 0) is 54.4 Å². The van der Waals surface area contributed by atoms with Gasteiger partial charge < -0.3 is 15.4 Å². The third kappa shape index (κ3) is 4.64. The van der Waals surface area contributed by atoms with Gasteiger partial charge in [0.25, 0.3) is 5.91 Å². The molecule has 27 heavy (non-hydrogen) atoms. The topological polar surface area (TPSA) is 50.4 Å². The van der Waals surface area contributed by atoms with Crippen LogP contribution in [-0.4, -0.2) is 13.0 Å². The highest BCUT2D eigenvalue weighted by Crippen LogP contribution is 2.28. The van der Waals surface area contributed by atoms with Crippen molar-refractivity contribution in [2.75, 3.05) is 17.7 Å². The molecule has 2 N–H and O–H groups in total. The summed E-state index contributed by atoms with van der Waals surface area (Å²) in [6.45, 7) is 1.94. The second-order valence-electron chi connectivity index (χ2n) is 6.19. The van der Waals surface area contributed by atoms with Crippen LogP contribution >= 0.6 is 0 Å². The van der Waals surface area contributed by atoms with Crippen LogP contribution in [0.3, 0.4) is 0 Å². The van der Waals surface area contributed by atoms with Crippen molar-refractivity contribution in [1.82, 2.24) is 0 Å². The van der Waals surface area contributed by atoms with Crippen molar-refractivity contribution in [1.29, 1.82) is 0 Å². The second-order valence-corrected chi connectivity index (χ2v) is 6.19. The number of amides is 1. The summed E-state index contributed by atoms with van der Waals surface area (Å²) in [5.41, 5.74) is 3.06. The molecule has 0 radical (unpaired) electrons. The van der Waals surface area contributed by atoms with Crippen molar-refractivity contribution in [2.45, 2.75) is 13.0 Å². The Morgan fingerprint density at radius 2 is 1.70 bits per heavy atom. The first-order valence-electron chi connectivity index (χ1n) is 8.59. The van der Waals surface area contributed by atoms with E-state index in [1.807, 2.05) is 55.5 Å². The Balaban J connectivity index is 1.89. The Hall–Kier alpha value is -3.34. The third-order valence-corrected chi connectivity index (χ3v) is 4.16. The van der Waals surface area contributed by atoms with E-state index < -0.39 is 6.04 Å². The molecule has 0 aliphatic carbocycles. The summed E-state index contributed by atoms with van der Waals surface area (Å²) >= 11 is 0. The van der Waals surface area contributed by atoms with Gasteiger partial charge in [0.15, 0.2) is 0 Å². The van der Waals surface area contributed by atoms with Gasteiger partial charge in [0.1, 0.15) is 17.6 Å². The van der Waals surface area contributed by atoms with Gasteiger partial charge in [0.05, 0.1) is 12.8 Å². The van der Waals surface area contributed by atoms with Gasteiger partial charge >= 0.3 is 0 Å². The number of carbonyl (C=O) groups excluding carboxylic acids is 1. The molecule has 0 aromatic heterocycles. The van der Waals surface area contributed by atoms with E-state index in [1.54, 1.807) is 19.2 Å². The molecule has 0 fully saturated rings. The number of hydrogen-bond acceptors (Lipinski definition) is 3. The highest BCUT2D eigenvalue weighted by Gasteiger charge is 2.21. The summed E-state index contributed by atoms with van der Waals surface area (Å²) in [5.74, 6) is 0.0164. The Kier molecular flexibility index (Phi) is 5.71.